The van der Waals surface area contributed by atoms with E-state index >= 15 is 0 Å². The number of aromatic nitrogens is 2. The van der Waals surface area contributed by atoms with E-state index in [-0.39, 0.29) is 12.0 Å². The molecular formula is C21H26N4O3. The van der Waals surface area contributed by atoms with Crippen molar-refractivity contribution in [1.82, 2.24) is 19.8 Å². The lowest BCUT2D eigenvalue weighted by Crippen LogP contribution is -2.45. The summed E-state index contributed by atoms with van der Waals surface area (Å²) < 4.78 is 11.2. The molecule has 1 atom stereocenters. The van der Waals surface area contributed by atoms with Crippen LogP contribution in [-0.2, 0) is 9.53 Å². The van der Waals surface area contributed by atoms with Gasteiger partial charge in [-0.05, 0) is 37.1 Å². The van der Waals surface area contributed by atoms with E-state index in [0.29, 0.717) is 19.7 Å². The molecule has 7 heteroatoms. The topological polar surface area (TPSA) is 67.8 Å². The van der Waals surface area contributed by atoms with Gasteiger partial charge < -0.3 is 14.4 Å². The Balaban J connectivity index is 1.43. The Bertz CT molecular complexity index is 806. The first-order valence-electron chi connectivity index (χ1n) is 9.81. The number of rotatable bonds is 5. The fourth-order valence-electron chi connectivity index (χ4n) is 3.72. The van der Waals surface area contributed by atoms with Crippen molar-refractivity contribution in [3.63, 3.8) is 0 Å². The van der Waals surface area contributed by atoms with E-state index in [2.05, 4.69) is 9.88 Å². The molecule has 1 unspecified atom stereocenters. The normalized spacial score (nSPS) is 20.3. The lowest BCUT2D eigenvalue weighted by atomic mass is 10.1. The summed E-state index contributed by atoms with van der Waals surface area (Å²) in [6.45, 7) is 4.24. The van der Waals surface area contributed by atoms with Gasteiger partial charge in [-0.1, -0.05) is 0 Å². The molecule has 0 saturated carbocycles. The summed E-state index contributed by atoms with van der Waals surface area (Å²) in [4.78, 5) is 25.7. The average Bonchev–Trinajstić information content (AvgIpc) is 3.29. The quantitative estimate of drug-likeness (QED) is 0.789. The van der Waals surface area contributed by atoms with Crippen LogP contribution in [0, 0.1) is 0 Å². The molecule has 1 aromatic heterocycles. The van der Waals surface area contributed by atoms with Gasteiger partial charge in [-0.2, -0.15) is 0 Å². The summed E-state index contributed by atoms with van der Waals surface area (Å²) >= 11 is 0. The number of carbonyl (C=O) groups excluding carboxylic acids is 1. The SMILES string of the molecule is COc1ccc(-c2cncc(C3CN(CC(=O)N4CCCC4)CCO3)n2)cc1. The molecule has 2 aliphatic rings. The molecule has 7 nitrogen and oxygen atoms in total. The minimum absolute atomic E-state index is 0.175. The predicted octanol–water partition coefficient (Wildman–Crippen LogP) is 2.15. The highest BCUT2D eigenvalue weighted by Crippen LogP contribution is 2.24. The fraction of sp³-hybridized carbons (Fsp3) is 0.476. The molecule has 0 spiro atoms. The second-order valence-electron chi connectivity index (χ2n) is 7.24. The zero-order valence-corrected chi connectivity index (χ0v) is 16.2. The summed E-state index contributed by atoms with van der Waals surface area (Å²) in [6.07, 6.45) is 5.56. The first-order chi connectivity index (χ1) is 13.7. The molecule has 2 saturated heterocycles. The van der Waals surface area contributed by atoms with Gasteiger partial charge in [0.2, 0.25) is 5.91 Å². The first-order valence-corrected chi connectivity index (χ1v) is 9.81. The lowest BCUT2D eigenvalue weighted by Gasteiger charge is -2.33. The molecule has 0 aliphatic carbocycles. The number of likely N-dealkylation sites (tertiary alicyclic amines) is 1. The van der Waals surface area contributed by atoms with Crippen molar-refractivity contribution in [2.45, 2.75) is 18.9 Å². The molecule has 148 valence electrons. The molecule has 1 aromatic carbocycles. The molecule has 0 N–H and O–H groups in total. The van der Waals surface area contributed by atoms with Gasteiger partial charge >= 0.3 is 0 Å². The van der Waals surface area contributed by atoms with E-state index in [1.165, 1.54) is 0 Å². The Morgan fingerprint density at radius 2 is 1.96 bits per heavy atom. The standard InChI is InChI=1S/C21H26N4O3/c1-27-17-6-4-16(5-7-17)18-12-22-13-19(23-18)20-14-24(10-11-28-20)15-21(26)25-8-2-3-9-25/h4-7,12-13,20H,2-3,8-11,14-15H2,1H3. The maximum atomic E-state index is 12.5. The van der Waals surface area contributed by atoms with Crippen molar-refractivity contribution >= 4 is 5.91 Å². The number of nitrogens with zero attached hydrogens (tertiary/aromatic N) is 4. The van der Waals surface area contributed by atoms with E-state index in [0.717, 1.165) is 55.2 Å². The van der Waals surface area contributed by atoms with Gasteiger partial charge in [-0.25, -0.2) is 4.98 Å². The number of benzene rings is 1. The fourth-order valence-corrected chi connectivity index (χ4v) is 3.72. The molecule has 28 heavy (non-hydrogen) atoms. The molecule has 0 radical (unpaired) electrons. The smallest absolute Gasteiger partial charge is 0.236 e. The summed E-state index contributed by atoms with van der Waals surface area (Å²) in [5.41, 5.74) is 2.58. The van der Waals surface area contributed by atoms with Crippen LogP contribution in [0.1, 0.15) is 24.6 Å². The van der Waals surface area contributed by atoms with Gasteiger partial charge in [-0.15, -0.1) is 0 Å². The van der Waals surface area contributed by atoms with Crippen LogP contribution in [-0.4, -0.2) is 72.1 Å². The summed E-state index contributed by atoms with van der Waals surface area (Å²) in [5.74, 6) is 1.03. The van der Waals surface area contributed by atoms with Crippen LogP contribution in [0.15, 0.2) is 36.7 Å². The number of methoxy groups -OCH3 is 1. The minimum Gasteiger partial charge on any atom is -0.497 e. The monoisotopic (exact) mass is 382 g/mol. The molecule has 2 aromatic rings. The summed E-state index contributed by atoms with van der Waals surface area (Å²) in [5, 5.41) is 0. The summed E-state index contributed by atoms with van der Waals surface area (Å²) in [7, 11) is 1.65. The van der Waals surface area contributed by atoms with Gasteiger partial charge in [0.1, 0.15) is 11.9 Å². The number of hydrogen-bond donors (Lipinski definition) is 0. The largest absolute Gasteiger partial charge is 0.497 e. The molecule has 3 heterocycles. The number of amides is 1. The van der Waals surface area contributed by atoms with Crippen molar-refractivity contribution in [3.05, 3.63) is 42.4 Å². The van der Waals surface area contributed by atoms with Crippen LogP contribution in [0.3, 0.4) is 0 Å². The van der Waals surface area contributed by atoms with Crippen LogP contribution < -0.4 is 4.74 Å². The first kappa shape index (κ1) is 18.8. The summed E-state index contributed by atoms with van der Waals surface area (Å²) in [6, 6.07) is 7.75. The van der Waals surface area contributed by atoms with E-state index in [4.69, 9.17) is 14.5 Å². The van der Waals surface area contributed by atoms with Gasteiger partial charge in [0.25, 0.3) is 0 Å². The van der Waals surface area contributed by atoms with Crippen molar-refractivity contribution < 1.29 is 14.3 Å². The average molecular weight is 382 g/mol. The number of carbonyl (C=O) groups is 1. The second-order valence-corrected chi connectivity index (χ2v) is 7.24. The molecule has 0 bridgehead atoms. The van der Waals surface area contributed by atoms with Crippen LogP contribution >= 0.6 is 0 Å². The van der Waals surface area contributed by atoms with Crippen molar-refractivity contribution in [2.24, 2.45) is 0 Å². The predicted molar refractivity (Wildman–Crippen MR) is 105 cm³/mol. The molecular weight excluding hydrogens is 356 g/mol. The Morgan fingerprint density at radius 1 is 1.18 bits per heavy atom. The highest BCUT2D eigenvalue weighted by atomic mass is 16.5. The number of hydrogen-bond acceptors (Lipinski definition) is 6. The molecule has 2 aliphatic heterocycles. The van der Waals surface area contributed by atoms with Crippen molar-refractivity contribution in [1.29, 1.82) is 0 Å². The van der Waals surface area contributed by atoms with Crippen LogP contribution in [0.25, 0.3) is 11.3 Å². The zero-order valence-electron chi connectivity index (χ0n) is 16.2. The van der Waals surface area contributed by atoms with E-state index in [1.807, 2.05) is 29.2 Å². The third kappa shape index (κ3) is 4.31. The Hall–Kier alpha value is -2.51. The van der Waals surface area contributed by atoms with Gasteiger partial charge in [0.05, 0.1) is 44.0 Å². The Kier molecular flexibility index (Phi) is 5.83. The maximum absolute atomic E-state index is 12.5. The van der Waals surface area contributed by atoms with E-state index < -0.39 is 0 Å². The van der Waals surface area contributed by atoms with Crippen LogP contribution in [0.4, 0.5) is 0 Å². The third-order valence-electron chi connectivity index (χ3n) is 5.34. The number of ether oxygens (including phenoxy) is 2. The lowest BCUT2D eigenvalue weighted by molar-refractivity contribution is -0.133. The molecule has 4 rings (SSSR count). The number of morpholine rings is 1. The maximum Gasteiger partial charge on any atom is 0.236 e. The van der Waals surface area contributed by atoms with Crippen molar-refractivity contribution in [3.8, 4) is 17.0 Å². The van der Waals surface area contributed by atoms with E-state index in [9.17, 15) is 4.79 Å². The van der Waals surface area contributed by atoms with Crippen LogP contribution in [0.2, 0.25) is 0 Å². The minimum atomic E-state index is -0.175. The second kappa shape index (κ2) is 8.67. The zero-order chi connectivity index (χ0) is 19.3. The molecule has 2 fully saturated rings. The van der Waals surface area contributed by atoms with E-state index in [1.54, 1.807) is 19.5 Å². The Labute approximate surface area is 165 Å². The highest BCUT2D eigenvalue weighted by Gasteiger charge is 2.27. The van der Waals surface area contributed by atoms with Gasteiger partial charge in [-0.3, -0.25) is 14.7 Å². The van der Waals surface area contributed by atoms with Crippen molar-refractivity contribution in [2.75, 3.05) is 46.4 Å². The Morgan fingerprint density at radius 3 is 2.71 bits per heavy atom. The third-order valence-corrected chi connectivity index (χ3v) is 5.34. The molecule has 1 amide bonds. The van der Waals surface area contributed by atoms with Crippen LogP contribution in [0.5, 0.6) is 5.75 Å². The van der Waals surface area contributed by atoms with Gasteiger partial charge in [0.15, 0.2) is 0 Å². The highest BCUT2D eigenvalue weighted by molar-refractivity contribution is 5.78. The van der Waals surface area contributed by atoms with Gasteiger partial charge in [0, 0.05) is 31.7 Å².